The number of piperidine rings is 1. The van der Waals surface area contributed by atoms with Crippen LogP contribution in [-0.4, -0.2) is 59.5 Å². The summed E-state index contributed by atoms with van der Waals surface area (Å²) in [5, 5.41) is 28.4. The molecule has 4 aromatic heterocycles. The lowest BCUT2D eigenvalue weighted by molar-refractivity contribution is -0.140. The van der Waals surface area contributed by atoms with Crippen LogP contribution in [0.5, 0.6) is 0 Å². The van der Waals surface area contributed by atoms with E-state index >= 15 is 0 Å². The number of hydrogen-bond acceptors (Lipinski definition) is 7. The maximum Gasteiger partial charge on any atom is 0.251 e. The second kappa shape index (κ2) is 9.72. The fourth-order valence-corrected chi connectivity index (χ4v) is 5.59. The Morgan fingerprint density at radius 3 is 2.78 bits per heavy atom. The van der Waals surface area contributed by atoms with Crippen LogP contribution >= 0.6 is 11.8 Å². The number of amides is 1. The van der Waals surface area contributed by atoms with Gasteiger partial charge in [-0.15, -0.1) is 0 Å². The van der Waals surface area contributed by atoms with Crippen molar-refractivity contribution >= 4 is 23.2 Å². The predicted molar refractivity (Wildman–Crippen MR) is 131 cm³/mol. The Balaban J connectivity index is 1.48. The van der Waals surface area contributed by atoms with Crippen molar-refractivity contribution in [2.24, 2.45) is 0 Å². The molecule has 1 atom stereocenters. The normalized spacial score (nSPS) is 15.2. The molecular formula is C25H24FN7O2S. The van der Waals surface area contributed by atoms with Crippen molar-refractivity contribution in [3.05, 3.63) is 60.1 Å². The van der Waals surface area contributed by atoms with E-state index in [-0.39, 0.29) is 17.0 Å². The van der Waals surface area contributed by atoms with E-state index < -0.39 is 11.9 Å². The maximum absolute atomic E-state index is 14.4. The SMILES string of the molecule is Cc1c(-c2cc(Sc3ncccc3F)c3c(C#N)cnn3c2)cnn1C1CCN(C(=O)[C@H](C)O)CC1. The highest BCUT2D eigenvalue weighted by molar-refractivity contribution is 7.99. The lowest BCUT2D eigenvalue weighted by Gasteiger charge is -2.33. The van der Waals surface area contributed by atoms with E-state index in [4.69, 9.17) is 0 Å². The van der Waals surface area contributed by atoms with Crippen LogP contribution in [0.25, 0.3) is 16.6 Å². The number of carbonyl (C=O) groups is 1. The lowest BCUT2D eigenvalue weighted by atomic mass is 10.0. The smallest absolute Gasteiger partial charge is 0.251 e. The molecule has 0 aromatic carbocycles. The number of aliphatic hydroxyl groups is 1. The third kappa shape index (κ3) is 4.34. The van der Waals surface area contributed by atoms with Crippen LogP contribution in [-0.2, 0) is 4.79 Å². The quantitative estimate of drug-likeness (QED) is 0.441. The first kappa shape index (κ1) is 24.0. The highest BCUT2D eigenvalue weighted by atomic mass is 32.2. The molecule has 1 aliphatic rings. The van der Waals surface area contributed by atoms with Gasteiger partial charge in [-0.2, -0.15) is 15.5 Å². The number of hydrogen-bond donors (Lipinski definition) is 1. The fraction of sp³-hybridized carbons (Fsp3) is 0.320. The Morgan fingerprint density at radius 1 is 1.31 bits per heavy atom. The first-order chi connectivity index (χ1) is 17.4. The van der Waals surface area contributed by atoms with Crippen molar-refractivity contribution in [3.8, 4) is 17.2 Å². The van der Waals surface area contributed by atoms with Crippen LogP contribution in [0.15, 0.2) is 52.9 Å². The minimum Gasteiger partial charge on any atom is -0.384 e. The molecule has 4 aromatic rings. The summed E-state index contributed by atoms with van der Waals surface area (Å²) in [6.07, 6.45) is 7.15. The van der Waals surface area contributed by atoms with E-state index in [2.05, 4.69) is 21.3 Å². The highest BCUT2D eigenvalue weighted by Crippen LogP contribution is 2.37. The molecular weight excluding hydrogens is 481 g/mol. The maximum atomic E-state index is 14.4. The van der Waals surface area contributed by atoms with Crippen LogP contribution in [0.1, 0.15) is 37.1 Å². The van der Waals surface area contributed by atoms with Crippen LogP contribution in [0.3, 0.4) is 0 Å². The molecule has 0 bridgehead atoms. The number of rotatable bonds is 5. The molecule has 0 radical (unpaired) electrons. The molecule has 1 aliphatic heterocycles. The Hall–Kier alpha value is -3.75. The van der Waals surface area contributed by atoms with Gasteiger partial charge in [-0.25, -0.2) is 13.9 Å². The number of nitrogens with zero attached hydrogens (tertiary/aromatic N) is 7. The van der Waals surface area contributed by atoms with E-state index in [9.17, 15) is 19.6 Å². The minimum atomic E-state index is -0.995. The van der Waals surface area contributed by atoms with Crippen molar-refractivity contribution < 1.29 is 14.3 Å². The highest BCUT2D eigenvalue weighted by Gasteiger charge is 2.27. The van der Waals surface area contributed by atoms with E-state index in [0.717, 1.165) is 41.4 Å². The molecule has 184 valence electrons. The van der Waals surface area contributed by atoms with Gasteiger partial charge in [0.15, 0.2) is 5.82 Å². The van der Waals surface area contributed by atoms with Gasteiger partial charge in [-0.3, -0.25) is 9.48 Å². The van der Waals surface area contributed by atoms with Gasteiger partial charge < -0.3 is 10.0 Å². The van der Waals surface area contributed by atoms with Gasteiger partial charge in [0.25, 0.3) is 5.91 Å². The first-order valence-electron chi connectivity index (χ1n) is 11.6. The Labute approximate surface area is 211 Å². The summed E-state index contributed by atoms with van der Waals surface area (Å²) in [5.41, 5.74) is 3.68. The molecule has 9 nitrogen and oxygen atoms in total. The number of likely N-dealkylation sites (tertiary alicyclic amines) is 1. The average Bonchev–Trinajstić information content (AvgIpc) is 3.48. The van der Waals surface area contributed by atoms with E-state index in [1.807, 2.05) is 23.9 Å². The third-order valence-electron chi connectivity index (χ3n) is 6.46. The largest absolute Gasteiger partial charge is 0.384 e. The monoisotopic (exact) mass is 505 g/mol. The van der Waals surface area contributed by atoms with Crippen LogP contribution in [0.4, 0.5) is 4.39 Å². The summed E-state index contributed by atoms with van der Waals surface area (Å²) in [4.78, 5) is 18.6. The second-order valence-electron chi connectivity index (χ2n) is 8.77. The van der Waals surface area contributed by atoms with Gasteiger partial charge in [0.2, 0.25) is 0 Å². The minimum absolute atomic E-state index is 0.131. The molecule has 36 heavy (non-hydrogen) atoms. The Morgan fingerprint density at radius 2 is 2.08 bits per heavy atom. The topological polar surface area (TPSA) is 112 Å². The molecule has 0 spiro atoms. The number of fused-ring (bicyclic) bond motifs is 1. The van der Waals surface area contributed by atoms with Crippen molar-refractivity contribution in [2.75, 3.05) is 13.1 Å². The zero-order valence-electron chi connectivity index (χ0n) is 19.8. The number of pyridine rings is 2. The molecule has 1 N–H and O–H groups in total. The summed E-state index contributed by atoms with van der Waals surface area (Å²) in [7, 11) is 0. The number of carbonyl (C=O) groups excluding carboxylic acids is 1. The van der Waals surface area contributed by atoms with Crippen LogP contribution in [0.2, 0.25) is 0 Å². The fourth-order valence-electron chi connectivity index (χ4n) is 4.61. The molecule has 1 amide bonds. The lowest BCUT2D eigenvalue weighted by Crippen LogP contribution is -2.43. The first-order valence-corrected chi connectivity index (χ1v) is 12.4. The van der Waals surface area contributed by atoms with Gasteiger partial charge >= 0.3 is 0 Å². The molecule has 0 unspecified atom stereocenters. The van der Waals surface area contributed by atoms with Crippen LogP contribution < -0.4 is 0 Å². The van der Waals surface area contributed by atoms with Gasteiger partial charge in [0.1, 0.15) is 17.2 Å². The number of aliphatic hydroxyl groups excluding tert-OH is 1. The third-order valence-corrected chi connectivity index (χ3v) is 7.49. The van der Waals surface area contributed by atoms with Crippen molar-refractivity contribution in [1.82, 2.24) is 29.3 Å². The number of aromatic nitrogens is 5. The van der Waals surface area contributed by atoms with Gasteiger partial charge in [-0.05, 0) is 44.9 Å². The molecule has 5 heterocycles. The summed E-state index contributed by atoms with van der Waals surface area (Å²) < 4.78 is 18.0. The zero-order valence-corrected chi connectivity index (χ0v) is 20.6. The number of halogens is 1. The standard InChI is InChI=1S/C25H24FN7O2S/c1-15-20(13-30-33(15)19-5-8-31(9-6-19)25(35)16(2)34)17-10-22(36-24-21(26)4-3-7-28-24)23-18(11-27)12-29-32(23)14-17/h3-4,7,10,12-14,16,19,34H,5-6,8-9H2,1-2H3/t16-/m0/s1. The average molecular weight is 506 g/mol. The van der Waals surface area contributed by atoms with E-state index in [1.54, 1.807) is 15.6 Å². The molecule has 11 heteroatoms. The van der Waals surface area contributed by atoms with Crippen molar-refractivity contribution in [2.45, 2.75) is 48.8 Å². The Bertz CT molecular complexity index is 1480. The van der Waals surface area contributed by atoms with Crippen molar-refractivity contribution in [3.63, 3.8) is 0 Å². The summed E-state index contributed by atoms with van der Waals surface area (Å²) in [5.74, 6) is -0.682. The zero-order chi connectivity index (χ0) is 25.4. The second-order valence-corrected chi connectivity index (χ2v) is 9.80. The Kier molecular flexibility index (Phi) is 6.47. The number of nitriles is 1. The van der Waals surface area contributed by atoms with Gasteiger partial charge in [-0.1, -0.05) is 11.8 Å². The van der Waals surface area contributed by atoms with Gasteiger partial charge in [0.05, 0.1) is 29.5 Å². The van der Waals surface area contributed by atoms with E-state index in [1.165, 1.54) is 31.5 Å². The molecule has 0 aliphatic carbocycles. The summed E-state index contributed by atoms with van der Waals surface area (Å²) in [6, 6.07) is 7.09. The van der Waals surface area contributed by atoms with E-state index in [0.29, 0.717) is 29.1 Å². The van der Waals surface area contributed by atoms with Crippen LogP contribution in [0, 0.1) is 24.1 Å². The predicted octanol–water partition coefficient (Wildman–Crippen LogP) is 3.61. The molecule has 0 saturated carbocycles. The molecule has 1 saturated heterocycles. The van der Waals surface area contributed by atoms with Gasteiger partial charge in [0, 0.05) is 47.2 Å². The molecule has 1 fully saturated rings. The van der Waals surface area contributed by atoms with Crippen molar-refractivity contribution in [1.29, 1.82) is 5.26 Å². The summed E-state index contributed by atoms with van der Waals surface area (Å²) in [6.45, 7) is 4.61. The molecule has 5 rings (SSSR count). The summed E-state index contributed by atoms with van der Waals surface area (Å²) >= 11 is 1.15.